The molecule has 0 fully saturated rings. The quantitative estimate of drug-likeness (QED) is 0.275. The van der Waals surface area contributed by atoms with Crippen molar-refractivity contribution in [3.63, 3.8) is 0 Å². The summed E-state index contributed by atoms with van der Waals surface area (Å²) in [5.74, 6) is -3.17. The van der Waals surface area contributed by atoms with Crippen LogP contribution >= 0.6 is 0 Å². The van der Waals surface area contributed by atoms with E-state index in [0.717, 1.165) is 12.0 Å². The van der Waals surface area contributed by atoms with Crippen molar-refractivity contribution >= 4 is 17.9 Å². The zero-order valence-electron chi connectivity index (χ0n) is 17.8. The van der Waals surface area contributed by atoms with E-state index in [2.05, 4.69) is 37.7 Å². The molecule has 0 bridgehead atoms. The molecule has 1 N–H and O–H groups in total. The molecule has 1 aliphatic carbocycles. The van der Waals surface area contributed by atoms with Crippen molar-refractivity contribution in [2.45, 2.75) is 53.9 Å². The third-order valence-corrected chi connectivity index (χ3v) is 4.68. The van der Waals surface area contributed by atoms with E-state index in [1.54, 1.807) is 13.0 Å². The second-order valence-corrected chi connectivity index (χ2v) is 7.83. The largest absolute Gasteiger partial charge is 0.478 e. The summed E-state index contributed by atoms with van der Waals surface area (Å²) in [6, 6.07) is 0. The molecule has 0 unspecified atom stereocenters. The minimum absolute atomic E-state index is 0.200. The molecule has 0 spiro atoms. The van der Waals surface area contributed by atoms with Gasteiger partial charge in [-0.2, -0.15) is 0 Å². The number of esters is 2. The summed E-state index contributed by atoms with van der Waals surface area (Å²) in [5.41, 5.74) is 4.73. The fraction of sp³-hybridized carbons (Fsp3) is 0.375. The van der Waals surface area contributed by atoms with Crippen LogP contribution in [0.15, 0.2) is 70.9 Å². The van der Waals surface area contributed by atoms with Gasteiger partial charge in [-0.1, -0.05) is 55.4 Å². The summed E-state index contributed by atoms with van der Waals surface area (Å²) < 4.78 is 4.46. The van der Waals surface area contributed by atoms with Crippen LogP contribution in [0.2, 0.25) is 0 Å². The van der Waals surface area contributed by atoms with E-state index in [-0.39, 0.29) is 5.41 Å². The number of rotatable bonds is 7. The zero-order chi connectivity index (χ0) is 22.0. The van der Waals surface area contributed by atoms with Crippen molar-refractivity contribution in [1.29, 1.82) is 0 Å². The highest BCUT2D eigenvalue weighted by Crippen LogP contribution is 2.40. The summed E-state index contributed by atoms with van der Waals surface area (Å²) in [6.07, 6.45) is 15.8. The Bertz CT molecular complexity index is 829. The molecule has 0 amide bonds. The Kier molecular flexibility index (Phi) is 9.26. The summed E-state index contributed by atoms with van der Waals surface area (Å²) >= 11 is 0. The topological polar surface area (TPSA) is 80.7 Å². The Morgan fingerprint density at radius 3 is 2.31 bits per heavy atom. The molecule has 1 aliphatic rings. The summed E-state index contributed by atoms with van der Waals surface area (Å²) in [5, 5.41) is 8.42. The van der Waals surface area contributed by atoms with Gasteiger partial charge in [0.05, 0.1) is 0 Å². The Morgan fingerprint density at radius 2 is 1.69 bits per heavy atom. The maximum absolute atomic E-state index is 11.6. The van der Waals surface area contributed by atoms with Crippen molar-refractivity contribution in [2.24, 2.45) is 5.41 Å². The Hall–Kier alpha value is -2.95. The first-order chi connectivity index (χ1) is 13.5. The van der Waals surface area contributed by atoms with E-state index in [9.17, 15) is 14.4 Å². The van der Waals surface area contributed by atoms with Gasteiger partial charge in [-0.15, -0.1) is 0 Å². The number of allylic oxidation sites excluding steroid dienone is 9. The zero-order valence-corrected chi connectivity index (χ0v) is 17.8. The van der Waals surface area contributed by atoms with Gasteiger partial charge in [-0.3, -0.25) is 0 Å². The number of ether oxygens (including phenoxy) is 1. The highest BCUT2D eigenvalue weighted by Gasteiger charge is 2.26. The molecule has 29 heavy (non-hydrogen) atoms. The highest BCUT2D eigenvalue weighted by atomic mass is 16.6. The normalized spacial score (nSPS) is 18.1. The monoisotopic (exact) mass is 398 g/mol. The molecule has 0 aliphatic heterocycles. The van der Waals surface area contributed by atoms with Crippen molar-refractivity contribution in [3.8, 4) is 0 Å². The van der Waals surface area contributed by atoms with E-state index < -0.39 is 17.9 Å². The molecule has 0 saturated carbocycles. The van der Waals surface area contributed by atoms with E-state index >= 15 is 0 Å². The average Bonchev–Trinajstić information content (AvgIpc) is 2.58. The Labute approximate surface area is 172 Å². The van der Waals surface area contributed by atoms with Gasteiger partial charge in [0.1, 0.15) is 0 Å². The molecule has 0 aromatic heterocycles. The van der Waals surface area contributed by atoms with Crippen molar-refractivity contribution in [3.05, 3.63) is 70.9 Å². The molecule has 1 rings (SSSR count). The van der Waals surface area contributed by atoms with Crippen LogP contribution in [0.4, 0.5) is 0 Å². The molecular formula is C24H30O5. The molecule has 5 heteroatoms. The molecule has 0 saturated heterocycles. The summed E-state index contributed by atoms with van der Waals surface area (Å²) in [4.78, 5) is 33.2. The van der Waals surface area contributed by atoms with Crippen LogP contribution in [0.1, 0.15) is 53.9 Å². The molecule has 5 nitrogen and oxygen atoms in total. The highest BCUT2D eigenvalue weighted by molar-refractivity contribution is 5.99. The lowest BCUT2D eigenvalue weighted by molar-refractivity contribution is -0.152. The number of aliphatic carboxylic acids is 1. The van der Waals surface area contributed by atoms with E-state index in [4.69, 9.17) is 5.11 Å². The summed E-state index contributed by atoms with van der Waals surface area (Å²) in [7, 11) is 0. The van der Waals surface area contributed by atoms with Gasteiger partial charge in [0.25, 0.3) is 0 Å². The number of carbonyl (C=O) groups excluding carboxylic acids is 2. The predicted octanol–water partition coefficient (Wildman–Crippen LogP) is 5.23. The van der Waals surface area contributed by atoms with Crippen LogP contribution in [-0.2, 0) is 19.1 Å². The van der Waals surface area contributed by atoms with Gasteiger partial charge in [0.15, 0.2) is 0 Å². The van der Waals surface area contributed by atoms with Gasteiger partial charge in [-0.05, 0) is 56.6 Å². The first-order valence-electron chi connectivity index (χ1n) is 9.59. The third kappa shape index (κ3) is 9.19. The number of hydrogen-bond donors (Lipinski definition) is 1. The van der Waals surface area contributed by atoms with Gasteiger partial charge in [-0.25, -0.2) is 14.4 Å². The maximum atomic E-state index is 11.6. The van der Waals surface area contributed by atoms with Crippen LogP contribution in [-0.4, -0.2) is 23.0 Å². The first kappa shape index (κ1) is 24.1. The van der Waals surface area contributed by atoms with Crippen LogP contribution in [0.25, 0.3) is 0 Å². The fourth-order valence-corrected chi connectivity index (χ4v) is 3.17. The van der Waals surface area contributed by atoms with Gasteiger partial charge < -0.3 is 9.84 Å². The molecule has 0 atom stereocenters. The SMILES string of the molecule is CC1=C(/C=C/C(C)=C/C=C/C(C)=C/C(=O)OC(=O)/C=C/C(=O)O)C(C)(C)CCC1. The second kappa shape index (κ2) is 11.1. The smallest absolute Gasteiger partial charge is 0.338 e. The minimum atomic E-state index is -1.29. The first-order valence-corrected chi connectivity index (χ1v) is 9.59. The van der Waals surface area contributed by atoms with Gasteiger partial charge >= 0.3 is 17.9 Å². The molecule has 0 heterocycles. The van der Waals surface area contributed by atoms with Crippen molar-refractivity contribution in [1.82, 2.24) is 0 Å². The lowest BCUT2D eigenvalue weighted by Crippen LogP contribution is -2.19. The third-order valence-electron chi connectivity index (χ3n) is 4.68. The Balaban J connectivity index is 2.69. The number of carboxylic acids is 1. The van der Waals surface area contributed by atoms with E-state index in [1.165, 1.54) is 30.1 Å². The molecule has 0 aromatic carbocycles. The van der Waals surface area contributed by atoms with Gasteiger partial charge in [0.2, 0.25) is 0 Å². The second-order valence-electron chi connectivity index (χ2n) is 7.83. The number of carboxylic acid groups (broad SMARTS) is 1. The number of carbonyl (C=O) groups is 3. The van der Waals surface area contributed by atoms with Gasteiger partial charge in [0, 0.05) is 18.2 Å². The van der Waals surface area contributed by atoms with Crippen molar-refractivity contribution < 1.29 is 24.2 Å². The lowest BCUT2D eigenvalue weighted by atomic mass is 9.72. The molecule has 0 aromatic rings. The summed E-state index contributed by atoms with van der Waals surface area (Å²) in [6.45, 7) is 10.5. The van der Waals surface area contributed by atoms with E-state index in [0.29, 0.717) is 17.7 Å². The average molecular weight is 398 g/mol. The van der Waals surface area contributed by atoms with Crippen LogP contribution in [0, 0.1) is 5.41 Å². The van der Waals surface area contributed by atoms with Crippen molar-refractivity contribution in [2.75, 3.05) is 0 Å². The van der Waals surface area contributed by atoms with E-state index in [1.807, 2.05) is 19.1 Å². The van der Waals surface area contributed by atoms with Crippen LogP contribution in [0.5, 0.6) is 0 Å². The standard InChI is InChI=1S/C24H30O5/c1-17(11-12-20-19(3)10-7-15-24(20,4)5)8-6-9-18(2)16-23(28)29-22(27)14-13-21(25)26/h6,8-9,11-14,16H,7,10,15H2,1-5H3,(H,25,26)/b9-6+,12-11+,14-13+,17-8+,18-16+. The Morgan fingerprint density at radius 1 is 1.00 bits per heavy atom. The molecular weight excluding hydrogens is 368 g/mol. The maximum Gasteiger partial charge on any atom is 0.338 e. The lowest BCUT2D eigenvalue weighted by Gasteiger charge is -2.32. The van der Waals surface area contributed by atoms with Crippen LogP contribution in [0.3, 0.4) is 0 Å². The predicted molar refractivity (Wildman–Crippen MR) is 114 cm³/mol. The van der Waals surface area contributed by atoms with Crippen LogP contribution < -0.4 is 0 Å². The molecule has 156 valence electrons. The number of hydrogen-bond acceptors (Lipinski definition) is 4. The minimum Gasteiger partial charge on any atom is -0.478 e. The molecule has 0 radical (unpaired) electrons. The fourth-order valence-electron chi connectivity index (χ4n) is 3.17.